The Bertz CT molecular complexity index is 1260. The first kappa shape index (κ1) is 20.2. The topological polar surface area (TPSA) is 77.2 Å². The second-order valence-electron chi connectivity index (χ2n) is 8.16. The van der Waals surface area contributed by atoms with Crippen LogP contribution in [0.3, 0.4) is 0 Å². The summed E-state index contributed by atoms with van der Waals surface area (Å²) in [6, 6.07) is 20.0. The number of aromatic amines is 1. The SMILES string of the molecule is CNC(=O)c1cccc(-c2ccc3[nH]nc(-c4ccc(N5CCN(C)CC5)cc4)c3n2)c1. The molecule has 0 unspecified atom stereocenters. The summed E-state index contributed by atoms with van der Waals surface area (Å²) in [6.07, 6.45) is 0. The fourth-order valence-electron chi connectivity index (χ4n) is 4.12. The van der Waals surface area contributed by atoms with Gasteiger partial charge in [-0.1, -0.05) is 24.3 Å². The molecule has 5 rings (SSSR count). The van der Waals surface area contributed by atoms with E-state index < -0.39 is 0 Å². The molecule has 2 N–H and O–H groups in total. The summed E-state index contributed by atoms with van der Waals surface area (Å²) in [4.78, 5) is 21.7. The quantitative estimate of drug-likeness (QED) is 0.523. The number of rotatable bonds is 4. The number of aromatic nitrogens is 3. The monoisotopic (exact) mass is 426 g/mol. The van der Waals surface area contributed by atoms with Crippen LogP contribution in [0.25, 0.3) is 33.5 Å². The molecular formula is C25H26N6O. The Kier molecular flexibility index (Phi) is 5.33. The first-order valence-electron chi connectivity index (χ1n) is 10.8. The Balaban J connectivity index is 1.46. The molecule has 1 aliphatic rings. The average molecular weight is 427 g/mol. The zero-order chi connectivity index (χ0) is 22.1. The Morgan fingerprint density at radius 1 is 0.969 bits per heavy atom. The van der Waals surface area contributed by atoms with Gasteiger partial charge in [0.1, 0.15) is 11.2 Å². The second-order valence-corrected chi connectivity index (χ2v) is 8.16. The molecule has 0 aliphatic carbocycles. The number of H-pyrrole nitrogens is 1. The van der Waals surface area contributed by atoms with Crippen LogP contribution in [0.4, 0.5) is 5.69 Å². The number of piperazine rings is 1. The predicted octanol–water partition coefficient (Wildman–Crippen LogP) is 3.40. The molecule has 0 atom stereocenters. The van der Waals surface area contributed by atoms with Gasteiger partial charge in [-0.2, -0.15) is 5.10 Å². The Morgan fingerprint density at radius 3 is 2.50 bits per heavy atom. The van der Waals surface area contributed by atoms with Gasteiger partial charge in [0.2, 0.25) is 0 Å². The van der Waals surface area contributed by atoms with Gasteiger partial charge in [-0.15, -0.1) is 0 Å². The number of carbonyl (C=O) groups excluding carboxylic acids is 1. The van der Waals surface area contributed by atoms with Gasteiger partial charge in [0, 0.05) is 55.6 Å². The molecule has 1 amide bonds. The lowest BCUT2D eigenvalue weighted by molar-refractivity contribution is 0.0963. The molecule has 7 heteroatoms. The van der Waals surface area contributed by atoms with E-state index in [-0.39, 0.29) is 5.91 Å². The number of benzene rings is 2. The van der Waals surface area contributed by atoms with Crippen molar-refractivity contribution in [2.75, 3.05) is 45.2 Å². The van der Waals surface area contributed by atoms with Crippen LogP contribution in [0.5, 0.6) is 0 Å². The normalized spacial score (nSPS) is 14.6. The highest BCUT2D eigenvalue weighted by molar-refractivity contribution is 5.95. The van der Waals surface area contributed by atoms with E-state index >= 15 is 0 Å². The van der Waals surface area contributed by atoms with E-state index in [4.69, 9.17) is 4.98 Å². The van der Waals surface area contributed by atoms with Crippen molar-refractivity contribution >= 4 is 22.6 Å². The van der Waals surface area contributed by atoms with Gasteiger partial charge in [-0.3, -0.25) is 9.89 Å². The van der Waals surface area contributed by atoms with E-state index in [1.807, 2.05) is 30.3 Å². The summed E-state index contributed by atoms with van der Waals surface area (Å²) >= 11 is 0. The molecule has 162 valence electrons. The van der Waals surface area contributed by atoms with E-state index in [1.54, 1.807) is 13.1 Å². The third-order valence-corrected chi connectivity index (χ3v) is 6.06. The number of hydrogen-bond acceptors (Lipinski definition) is 5. The predicted molar refractivity (Wildman–Crippen MR) is 128 cm³/mol. The van der Waals surface area contributed by atoms with Crippen LogP contribution < -0.4 is 10.2 Å². The fraction of sp³-hybridized carbons (Fsp3) is 0.240. The molecule has 1 fully saturated rings. The summed E-state index contributed by atoms with van der Waals surface area (Å²) in [6.45, 7) is 4.25. The lowest BCUT2D eigenvalue weighted by atomic mass is 10.1. The van der Waals surface area contributed by atoms with Crippen molar-refractivity contribution in [3.8, 4) is 22.5 Å². The molecular weight excluding hydrogens is 400 g/mol. The first-order chi connectivity index (χ1) is 15.6. The van der Waals surface area contributed by atoms with Crippen molar-refractivity contribution in [1.82, 2.24) is 25.4 Å². The number of hydrogen-bond donors (Lipinski definition) is 2. The maximum absolute atomic E-state index is 12.0. The van der Waals surface area contributed by atoms with Crippen LogP contribution >= 0.6 is 0 Å². The lowest BCUT2D eigenvalue weighted by Crippen LogP contribution is -2.44. The smallest absolute Gasteiger partial charge is 0.251 e. The minimum atomic E-state index is -0.114. The molecule has 0 saturated carbocycles. The van der Waals surface area contributed by atoms with Crippen LogP contribution in [-0.2, 0) is 0 Å². The summed E-state index contributed by atoms with van der Waals surface area (Å²) in [7, 11) is 3.80. The van der Waals surface area contributed by atoms with Crippen LogP contribution in [0.1, 0.15) is 10.4 Å². The molecule has 0 spiro atoms. The maximum atomic E-state index is 12.0. The van der Waals surface area contributed by atoms with Crippen LogP contribution in [0, 0.1) is 0 Å². The molecule has 2 aromatic carbocycles. The fourth-order valence-corrected chi connectivity index (χ4v) is 4.12. The third-order valence-electron chi connectivity index (χ3n) is 6.06. The molecule has 3 heterocycles. The standard InChI is InChI=1S/C25H26N6O/c1-26-25(32)19-5-3-4-18(16-19)21-10-11-22-24(27-21)23(29-28-22)17-6-8-20(9-7-17)31-14-12-30(2)13-15-31/h3-11,16H,12-15H2,1-2H3,(H,26,32)(H,28,29). The van der Waals surface area contributed by atoms with Crippen LogP contribution in [0.15, 0.2) is 60.7 Å². The van der Waals surface area contributed by atoms with Gasteiger partial charge in [-0.25, -0.2) is 4.98 Å². The summed E-state index contributed by atoms with van der Waals surface area (Å²) in [5.41, 5.74) is 7.10. The summed E-state index contributed by atoms with van der Waals surface area (Å²) in [5.74, 6) is -0.114. The highest BCUT2D eigenvalue weighted by atomic mass is 16.1. The maximum Gasteiger partial charge on any atom is 0.251 e. The summed E-state index contributed by atoms with van der Waals surface area (Å²) < 4.78 is 0. The van der Waals surface area contributed by atoms with Crippen molar-refractivity contribution < 1.29 is 4.79 Å². The van der Waals surface area contributed by atoms with E-state index in [0.717, 1.165) is 59.7 Å². The van der Waals surface area contributed by atoms with E-state index in [9.17, 15) is 4.79 Å². The number of likely N-dealkylation sites (N-methyl/N-ethyl adjacent to an activating group) is 1. The van der Waals surface area contributed by atoms with Crippen LogP contribution in [-0.4, -0.2) is 66.3 Å². The number of carbonyl (C=O) groups is 1. The molecule has 2 aromatic heterocycles. The Morgan fingerprint density at radius 2 is 1.75 bits per heavy atom. The molecule has 4 aromatic rings. The number of pyridine rings is 1. The number of nitrogens with one attached hydrogen (secondary N) is 2. The lowest BCUT2D eigenvalue weighted by Gasteiger charge is -2.34. The second kappa shape index (κ2) is 8.43. The Labute approximate surface area is 187 Å². The zero-order valence-electron chi connectivity index (χ0n) is 18.3. The van der Waals surface area contributed by atoms with Gasteiger partial charge in [-0.05, 0) is 43.4 Å². The molecule has 0 bridgehead atoms. The molecule has 7 nitrogen and oxygen atoms in total. The summed E-state index contributed by atoms with van der Waals surface area (Å²) in [5, 5.41) is 10.3. The van der Waals surface area contributed by atoms with Gasteiger partial charge < -0.3 is 15.1 Å². The van der Waals surface area contributed by atoms with Crippen molar-refractivity contribution in [2.24, 2.45) is 0 Å². The number of anilines is 1. The molecule has 1 saturated heterocycles. The van der Waals surface area contributed by atoms with E-state index in [2.05, 4.69) is 56.6 Å². The first-order valence-corrected chi connectivity index (χ1v) is 10.8. The third kappa shape index (κ3) is 3.83. The highest BCUT2D eigenvalue weighted by Crippen LogP contribution is 2.29. The van der Waals surface area contributed by atoms with E-state index in [0.29, 0.717) is 5.56 Å². The largest absolute Gasteiger partial charge is 0.369 e. The van der Waals surface area contributed by atoms with Gasteiger partial charge in [0.15, 0.2) is 0 Å². The number of nitrogens with zero attached hydrogens (tertiary/aromatic N) is 4. The molecule has 1 aliphatic heterocycles. The minimum absolute atomic E-state index is 0.114. The van der Waals surface area contributed by atoms with Crippen molar-refractivity contribution in [2.45, 2.75) is 0 Å². The van der Waals surface area contributed by atoms with Crippen molar-refractivity contribution in [1.29, 1.82) is 0 Å². The number of fused-ring (bicyclic) bond motifs is 1. The number of amides is 1. The Hall–Kier alpha value is -3.71. The average Bonchev–Trinajstić information content (AvgIpc) is 3.27. The molecule has 32 heavy (non-hydrogen) atoms. The van der Waals surface area contributed by atoms with Gasteiger partial charge in [0.05, 0.1) is 11.2 Å². The van der Waals surface area contributed by atoms with Crippen molar-refractivity contribution in [3.05, 3.63) is 66.2 Å². The van der Waals surface area contributed by atoms with Crippen molar-refractivity contribution in [3.63, 3.8) is 0 Å². The van der Waals surface area contributed by atoms with Gasteiger partial charge in [0.25, 0.3) is 5.91 Å². The molecule has 0 radical (unpaired) electrons. The van der Waals surface area contributed by atoms with Crippen LogP contribution in [0.2, 0.25) is 0 Å². The zero-order valence-corrected chi connectivity index (χ0v) is 18.3. The van der Waals surface area contributed by atoms with Gasteiger partial charge >= 0.3 is 0 Å². The van der Waals surface area contributed by atoms with E-state index in [1.165, 1.54) is 5.69 Å². The minimum Gasteiger partial charge on any atom is -0.369 e. The highest BCUT2D eigenvalue weighted by Gasteiger charge is 2.16.